The van der Waals surface area contributed by atoms with E-state index in [1.54, 1.807) is 5.57 Å². The Hall–Kier alpha value is -0.520. The van der Waals surface area contributed by atoms with Crippen molar-refractivity contribution in [3.63, 3.8) is 0 Å². The van der Waals surface area contributed by atoms with Gasteiger partial charge in [0.1, 0.15) is 0 Å². The highest BCUT2D eigenvalue weighted by atomic mass is 14.4. The topological polar surface area (TPSA) is 0 Å². The van der Waals surface area contributed by atoms with Crippen LogP contribution in [-0.4, -0.2) is 0 Å². The third kappa shape index (κ3) is 2.10. The van der Waals surface area contributed by atoms with Crippen LogP contribution in [0.4, 0.5) is 0 Å². The molecule has 0 fully saturated rings. The lowest BCUT2D eigenvalue weighted by Gasteiger charge is -2.41. The minimum atomic E-state index is 0.351. The largest absolute Gasteiger partial charge is 0.0885 e. The molecule has 0 nitrogen and oxygen atoms in total. The van der Waals surface area contributed by atoms with E-state index in [0.717, 1.165) is 12.3 Å². The maximum Gasteiger partial charge on any atom is -0.00821 e. The van der Waals surface area contributed by atoms with Crippen molar-refractivity contribution in [2.75, 3.05) is 0 Å². The molecule has 0 saturated heterocycles. The lowest BCUT2D eigenvalue weighted by atomic mass is 9.64. The first-order valence-corrected chi connectivity index (χ1v) is 5.84. The molecule has 2 atom stereocenters. The van der Waals surface area contributed by atoms with Crippen molar-refractivity contribution in [3.8, 4) is 0 Å². The van der Waals surface area contributed by atoms with Gasteiger partial charge in [0.2, 0.25) is 0 Å². The van der Waals surface area contributed by atoms with E-state index in [2.05, 4.69) is 52.8 Å². The second-order valence-electron chi connectivity index (χ2n) is 5.18. The maximum atomic E-state index is 2.43. The second kappa shape index (κ2) is 4.33. The Morgan fingerprint density at radius 1 is 1.50 bits per heavy atom. The Bertz CT molecular complexity index is 243. The Morgan fingerprint density at radius 3 is 2.71 bits per heavy atom. The molecule has 0 aliphatic heterocycles. The number of rotatable bonds is 2. The summed E-state index contributed by atoms with van der Waals surface area (Å²) in [6.45, 7) is 11.6. The average Bonchev–Trinajstić information content (AvgIpc) is 2.12. The standard InChI is InChI=1S/C14H24/c1-6-7-8-13-11(2)9-10-12(3)14(13,4)5/h7-8,10-11,13H,6,9H2,1-5H3/b8-7+. The van der Waals surface area contributed by atoms with Crippen LogP contribution in [0.15, 0.2) is 23.8 Å². The first-order valence-electron chi connectivity index (χ1n) is 5.84. The van der Waals surface area contributed by atoms with Crippen LogP contribution >= 0.6 is 0 Å². The van der Waals surface area contributed by atoms with Crippen LogP contribution in [0, 0.1) is 17.3 Å². The molecule has 0 bridgehead atoms. The van der Waals surface area contributed by atoms with Crippen LogP contribution in [0.5, 0.6) is 0 Å². The van der Waals surface area contributed by atoms with Gasteiger partial charge >= 0.3 is 0 Å². The summed E-state index contributed by atoms with van der Waals surface area (Å²) >= 11 is 0. The number of hydrogen-bond donors (Lipinski definition) is 0. The van der Waals surface area contributed by atoms with E-state index in [-0.39, 0.29) is 0 Å². The van der Waals surface area contributed by atoms with Gasteiger partial charge in [-0.15, -0.1) is 0 Å². The lowest BCUT2D eigenvalue weighted by Crippen LogP contribution is -2.32. The van der Waals surface area contributed by atoms with Crippen LogP contribution in [0.25, 0.3) is 0 Å². The molecule has 0 radical (unpaired) electrons. The van der Waals surface area contributed by atoms with Gasteiger partial charge in [0.25, 0.3) is 0 Å². The monoisotopic (exact) mass is 192 g/mol. The van der Waals surface area contributed by atoms with Crippen molar-refractivity contribution in [2.45, 2.75) is 47.5 Å². The molecule has 1 aliphatic rings. The minimum Gasteiger partial charge on any atom is -0.0885 e. The fourth-order valence-corrected chi connectivity index (χ4v) is 2.46. The highest BCUT2D eigenvalue weighted by molar-refractivity contribution is 5.19. The van der Waals surface area contributed by atoms with Crippen LogP contribution < -0.4 is 0 Å². The third-order valence-electron chi connectivity index (χ3n) is 3.84. The van der Waals surface area contributed by atoms with E-state index >= 15 is 0 Å². The zero-order valence-corrected chi connectivity index (χ0v) is 10.3. The minimum absolute atomic E-state index is 0.351. The Morgan fingerprint density at radius 2 is 2.14 bits per heavy atom. The summed E-state index contributed by atoms with van der Waals surface area (Å²) in [6, 6.07) is 0. The molecule has 0 aromatic heterocycles. The molecule has 0 amide bonds. The van der Waals surface area contributed by atoms with Gasteiger partial charge in [0.05, 0.1) is 0 Å². The zero-order valence-electron chi connectivity index (χ0n) is 10.3. The molecule has 14 heavy (non-hydrogen) atoms. The summed E-state index contributed by atoms with van der Waals surface area (Å²) in [5.74, 6) is 1.50. The van der Waals surface area contributed by atoms with Gasteiger partial charge in [-0.25, -0.2) is 0 Å². The van der Waals surface area contributed by atoms with Gasteiger partial charge in [-0.2, -0.15) is 0 Å². The summed E-state index contributed by atoms with van der Waals surface area (Å²) in [6.07, 6.45) is 9.57. The highest BCUT2D eigenvalue weighted by Crippen LogP contribution is 2.45. The van der Waals surface area contributed by atoms with Crippen molar-refractivity contribution >= 4 is 0 Å². The first kappa shape index (κ1) is 11.6. The summed E-state index contributed by atoms with van der Waals surface area (Å²) in [5, 5.41) is 0. The summed E-state index contributed by atoms with van der Waals surface area (Å²) < 4.78 is 0. The van der Waals surface area contributed by atoms with Crippen molar-refractivity contribution in [3.05, 3.63) is 23.8 Å². The van der Waals surface area contributed by atoms with E-state index in [4.69, 9.17) is 0 Å². The van der Waals surface area contributed by atoms with E-state index in [1.165, 1.54) is 6.42 Å². The molecule has 80 valence electrons. The SMILES string of the molecule is CC/C=C/C1C(C)CC=C(C)C1(C)C. The Kier molecular flexibility index (Phi) is 3.58. The summed E-state index contributed by atoms with van der Waals surface area (Å²) in [5.41, 5.74) is 1.91. The smallest absolute Gasteiger partial charge is 0.00821 e. The van der Waals surface area contributed by atoms with Gasteiger partial charge in [-0.1, -0.05) is 51.5 Å². The molecule has 0 heteroatoms. The normalized spacial score (nSPS) is 31.9. The third-order valence-corrected chi connectivity index (χ3v) is 3.84. The molecular weight excluding hydrogens is 168 g/mol. The van der Waals surface area contributed by atoms with E-state index in [0.29, 0.717) is 11.3 Å². The first-order chi connectivity index (χ1) is 6.50. The Balaban J connectivity index is 2.90. The predicted molar refractivity (Wildman–Crippen MR) is 64.2 cm³/mol. The van der Waals surface area contributed by atoms with E-state index in [1.807, 2.05) is 0 Å². The van der Waals surface area contributed by atoms with E-state index < -0.39 is 0 Å². The van der Waals surface area contributed by atoms with Crippen molar-refractivity contribution in [2.24, 2.45) is 17.3 Å². The molecule has 0 N–H and O–H groups in total. The Labute approximate surface area is 89.1 Å². The van der Waals surface area contributed by atoms with Crippen molar-refractivity contribution in [1.29, 1.82) is 0 Å². The zero-order chi connectivity index (χ0) is 10.8. The van der Waals surface area contributed by atoms with Crippen LogP contribution in [0.2, 0.25) is 0 Å². The van der Waals surface area contributed by atoms with Gasteiger partial charge in [0, 0.05) is 0 Å². The average molecular weight is 192 g/mol. The number of allylic oxidation sites excluding steroid dienone is 4. The molecule has 2 unspecified atom stereocenters. The van der Waals surface area contributed by atoms with Crippen molar-refractivity contribution < 1.29 is 0 Å². The molecule has 1 rings (SSSR count). The maximum absolute atomic E-state index is 2.43. The molecule has 0 saturated carbocycles. The van der Waals surface area contributed by atoms with Gasteiger partial charge in [0.15, 0.2) is 0 Å². The van der Waals surface area contributed by atoms with Gasteiger partial charge in [-0.05, 0) is 37.0 Å². The van der Waals surface area contributed by atoms with E-state index in [9.17, 15) is 0 Å². The lowest BCUT2D eigenvalue weighted by molar-refractivity contribution is 0.220. The number of hydrogen-bond acceptors (Lipinski definition) is 0. The molecule has 0 aromatic carbocycles. The molecular formula is C14H24. The highest BCUT2D eigenvalue weighted by Gasteiger charge is 2.35. The molecule has 1 aliphatic carbocycles. The van der Waals surface area contributed by atoms with Gasteiger partial charge in [-0.3, -0.25) is 0 Å². The summed E-state index contributed by atoms with van der Waals surface area (Å²) in [4.78, 5) is 0. The fraction of sp³-hybridized carbons (Fsp3) is 0.714. The predicted octanol–water partition coefficient (Wildman–Crippen LogP) is 4.58. The summed E-state index contributed by atoms with van der Waals surface area (Å²) in [7, 11) is 0. The second-order valence-corrected chi connectivity index (χ2v) is 5.18. The van der Waals surface area contributed by atoms with Crippen LogP contribution in [-0.2, 0) is 0 Å². The molecule has 0 aromatic rings. The molecule has 0 heterocycles. The molecule has 0 spiro atoms. The fourth-order valence-electron chi connectivity index (χ4n) is 2.46. The van der Waals surface area contributed by atoms with Crippen molar-refractivity contribution in [1.82, 2.24) is 0 Å². The van der Waals surface area contributed by atoms with Gasteiger partial charge < -0.3 is 0 Å². The quantitative estimate of drug-likeness (QED) is 0.562. The van der Waals surface area contributed by atoms with Crippen LogP contribution in [0.3, 0.4) is 0 Å². The van der Waals surface area contributed by atoms with Crippen LogP contribution in [0.1, 0.15) is 47.5 Å².